The van der Waals surface area contributed by atoms with Gasteiger partial charge in [-0.25, -0.2) is 4.79 Å². The zero-order valence-electron chi connectivity index (χ0n) is 10.7. The first-order valence-electron chi connectivity index (χ1n) is 5.68. The number of hydrogen-bond acceptors (Lipinski definition) is 3. The van der Waals surface area contributed by atoms with Gasteiger partial charge < -0.3 is 14.5 Å². The van der Waals surface area contributed by atoms with E-state index in [4.69, 9.17) is 4.74 Å². The Balaban J connectivity index is 2.42. The molecule has 92 valence electrons. The Labute approximate surface area is 97.9 Å². The highest BCUT2D eigenvalue weighted by Gasteiger charge is 2.25. The lowest BCUT2D eigenvalue weighted by Gasteiger charge is -2.36. The molecule has 16 heavy (non-hydrogen) atoms. The molecule has 0 aromatic carbocycles. The molecule has 0 aromatic rings. The van der Waals surface area contributed by atoms with Crippen molar-refractivity contribution in [1.82, 2.24) is 9.80 Å². The molecule has 0 aliphatic carbocycles. The molecule has 0 atom stereocenters. The van der Waals surface area contributed by atoms with Crippen LogP contribution in [0, 0.1) is 0 Å². The van der Waals surface area contributed by atoms with Crippen molar-refractivity contribution in [3.63, 3.8) is 0 Å². The second-order valence-corrected chi connectivity index (χ2v) is 5.19. The lowest BCUT2D eigenvalue weighted by Crippen LogP contribution is -2.49. The fourth-order valence-electron chi connectivity index (χ4n) is 1.60. The van der Waals surface area contributed by atoms with E-state index in [9.17, 15) is 4.79 Å². The van der Waals surface area contributed by atoms with Gasteiger partial charge in [-0.3, -0.25) is 0 Å². The van der Waals surface area contributed by atoms with Crippen LogP contribution in [0.1, 0.15) is 27.7 Å². The molecule has 0 saturated carbocycles. The average Bonchev–Trinajstić information content (AvgIpc) is 2.15. The molecule has 1 rings (SSSR count). The summed E-state index contributed by atoms with van der Waals surface area (Å²) in [5.74, 6) is 0. The van der Waals surface area contributed by atoms with E-state index in [1.54, 1.807) is 4.90 Å². The summed E-state index contributed by atoms with van der Waals surface area (Å²) in [6, 6.07) is 0. The average molecular weight is 226 g/mol. The topological polar surface area (TPSA) is 32.8 Å². The van der Waals surface area contributed by atoms with Gasteiger partial charge >= 0.3 is 6.09 Å². The minimum atomic E-state index is -0.414. The number of carbonyl (C=O) groups excluding carboxylic acids is 1. The highest BCUT2D eigenvalue weighted by molar-refractivity contribution is 5.68. The van der Waals surface area contributed by atoms with E-state index >= 15 is 0 Å². The number of piperazine rings is 1. The van der Waals surface area contributed by atoms with Gasteiger partial charge in [-0.1, -0.05) is 6.58 Å². The van der Waals surface area contributed by atoms with E-state index in [1.807, 2.05) is 27.7 Å². The van der Waals surface area contributed by atoms with Crippen molar-refractivity contribution < 1.29 is 9.53 Å². The van der Waals surface area contributed by atoms with Gasteiger partial charge in [-0.15, -0.1) is 0 Å². The maximum atomic E-state index is 11.8. The van der Waals surface area contributed by atoms with Gasteiger partial charge in [0, 0.05) is 31.9 Å². The first-order chi connectivity index (χ1) is 7.29. The molecule has 1 amide bonds. The van der Waals surface area contributed by atoms with Crippen LogP contribution in [0.25, 0.3) is 0 Å². The standard InChI is InChI=1S/C12H22N2O2/c1-10(2)13-6-8-14(9-7-13)11(15)16-12(3,4)5/h1,6-9H2,2-5H3. The van der Waals surface area contributed by atoms with Crippen LogP contribution in [0.15, 0.2) is 12.3 Å². The number of amides is 1. The highest BCUT2D eigenvalue weighted by atomic mass is 16.6. The van der Waals surface area contributed by atoms with E-state index < -0.39 is 5.60 Å². The molecule has 0 radical (unpaired) electrons. The molecule has 1 aliphatic rings. The van der Waals surface area contributed by atoms with Crippen molar-refractivity contribution in [1.29, 1.82) is 0 Å². The Morgan fingerprint density at radius 3 is 1.94 bits per heavy atom. The first kappa shape index (κ1) is 12.9. The van der Waals surface area contributed by atoms with Crippen LogP contribution < -0.4 is 0 Å². The zero-order chi connectivity index (χ0) is 12.3. The van der Waals surface area contributed by atoms with Gasteiger partial charge in [-0.2, -0.15) is 0 Å². The SMILES string of the molecule is C=C(C)N1CCN(C(=O)OC(C)(C)C)CC1. The summed E-state index contributed by atoms with van der Waals surface area (Å²) in [6.07, 6.45) is -0.214. The zero-order valence-corrected chi connectivity index (χ0v) is 10.7. The number of hydrogen-bond donors (Lipinski definition) is 0. The fraction of sp³-hybridized carbons (Fsp3) is 0.750. The van der Waals surface area contributed by atoms with Crippen LogP contribution in [-0.2, 0) is 4.74 Å². The Morgan fingerprint density at radius 2 is 1.56 bits per heavy atom. The van der Waals surface area contributed by atoms with Crippen LogP contribution >= 0.6 is 0 Å². The summed E-state index contributed by atoms with van der Waals surface area (Å²) < 4.78 is 5.32. The van der Waals surface area contributed by atoms with Gasteiger partial charge in [0.2, 0.25) is 0 Å². The van der Waals surface area contributed by atoms with Crippen LogP contribution in [0.3, 0.4) is 0 Å². The monoisotopic (exact) mass is 226 g/mol. The van der Waals surface area contributed by atoms with Gasteiger partial charge in [0.05, 0.1) is 0 Å². The van der Waals surface area contributed by atoms with Crippen molar-refractivity contribution in [2.75, 3.05) is 26.2 Å². The molecule has 1 saturated heterocycles. The fourth-order valence-corrected chi connectivity index (χ4v) is 1.60. The summed E-state index contributed by atoms with van der Waals surface area (Å²) in [7, 11) is 0. The summed E-state index contributed by atoms with van der Waals surface area (Å²) in [4.78, 5) is 15.7. The maximum absolute atomic E-state index is 11.8. The lowest BCUT2D eigenvalue weighted by molar-refractivity contribution is 0.0169. The molecule has 0 aromatic heterocycles. The van der Waals surface area contributed by atoms with Crippen molar-refractivity contribution in [3.8, 4) is 0 Å². The molecule has 0 unspecified atom stereocenters. The summed E-state index contributed by atoms with van der Waals surface area (Å²) in [5.41, 5.74) is 0.645. The van der Waals surface area contributed by atoms with Crippen molar-refractivity contribution in [2.45, 2.75) is 33.3 Å². The molecular formula is C12H22N2O2. The lowest BCUT2D eigenvalue weighted by atomic mass is 10.2. The molecule has 1 aliphatic heterocycles. The number of allylic oxidation sites excluding steroid dienone is 1. The summed E-state index contributed by atoms with van der Waals surface area (Å²) in [5, 5.41) is 0. The van der Waals surface area contributed by atoms with Gasteiger partial charge in [0.15, 0.2) is 0 Å². The van der Waals surface area contributed by atoms with Gasteiger partial charge in [-0.05, 0) is 27.7 Å². The van der Waals surface area contributed by atoms with Gasteiger partial charge in [0.1, 0.15) is 5.60 Å². The van der Waals surface area contributed by atoms with Crippen LogP contribution in [0.5, 0.6) is 0 Å². The smallest absolute Gasteiger partial charge is 0.410 e. The van der Waals surface area contributed by atoms with Crippen molar-refractivity contribution >= 4 is 6.09 Å². The third-order valence-electron chi connectivity index (χ3n) is 2.47. The highest BCUT2D eigenvalue weighted by Crippen LogP contribution is 2.13. The predicted molar refractivity (Wildman–Crippen MR) is 64.2 cm³/mol. The normalized spacial score (nSPS) is 17.2. The summed E-state index contributed by atoms with van der Waals surface area (Å²) in [6.45, 7) is 14.6. The summed E-state index contributed by atoms with van der Waals surface area (Å²) >= 11 is 0. The number of ether oxygens (including phenoxy) is 1. The predicted octanol–water partition coefficient (Wildman–Crippen LogP) is 2.07. The Hall–Kier alpha value is -1.19. The van der Waals surface area contributed by atoms with Crippen LogP contribution in [0.4, 0.5) is 4.79 Å². The van der Waals surface area contributed by atoms with E-state index in [1.165, 1.54) is 0 Å². The van der Waals surface area contributed by atoms with E-state index in [-0.39, 0.29) is 6.09 Å². The van der Waals surface area contributed by atoms with Gasteiger partial charge in [0.25, 0.3) is 0 Å². The maximum Gasteiger partial charge on any atom is 0.410 e. The van der Waals surface area contributed by atoms with Crippen LogP contribution in [0.2, 0.25) is 0 Å². The Kier molecular flexibility index (Phi) is 3.83. The minimum Gasteiger partial charge on any atom is -0.444 e. The molecule has 1 heterocycles. The third-order valence-corrected chi connectivity index (χ3v) is 2.47. The molecule has 4 heteroatoms. The molecular weight excluding hydrogens is 204 g/mol. The molecule has 0 N–H and O–H groups in total. The van der Waals surface area contributed by atoms with Crippen LogP contribution in [-0.4, -0.2) is 47.7 Å². The Bertz CT molecular complexity index is 273. The molecule has 1 fully saturated rings. The number of nitrogens with zero attached hydrogens (tertiary/aromatic N) is 2. The molecule has 4 nitrogen and oxygen atoms in total. The number of rotatable bonds is 1. The quantitative estimate of drug-likeness (QED) is 0.686. The van der Waals surface area contributed by atoms with Crippen molar-refractivity contribution in [2.24, 2.45) is 0 Å². The second-order valence-electron chi connectivity index (χ2n) is 5.19. The van der Waals surface area contributed by atoms with E-state index in [2.05, 4.69) is 11.5 Å². The van der Waals surface area contributed by atoms with E-state index in [0.29, 0.717) is 13.1 Å². The third kappa shape index (κ3) is 3.76. The molecule has 0 spiro atoms. The second kappa shape index (κ2) is 4.76. The Morgan fingerprint density at radius 1 is 1.12 bits per heavy atom. The first-order valence-corrected chi connectivity index (χ1v) is 5.68. The van der Waals surface area contributed by atoms with Crippen molar-refractivity contribution in [3.05, 3.63) is 12.3 Å². The number of carbonyl (C=O) groups is 1. The minimum absolute atomic E-state index is 0.214. The largest absolute Gasteiger partial charge is 0.444 e. The van der Waals surface area contributed by atoms with E-state index in [0.717, 1.165) is 18.8 Å². The molecule has 0 bridgehead atoms.